The van der Waals surface area contributed by atoms with E-state index in [1.165, 1.54) is 11.1 Å². The number of hydrogen-bond donors (Lipinski definition) is 2. The van der Waals surface area contributed by atoms with Crippen LogP contribution in [0.4, 0.5) is 5.69 Å². The second-order valence-electron chi connectivity index (χ2n) is 6.49. The summed E-state index contributed by atoms with van der Waals surface area (Å²) in [6.07, 6.45) is 0. The van der Waals surface area contributed by atoms with Gasteiger partial charge in [0.25, 0.3) is 0 Å². The second-order valence-corrected chi connectivity index (χ2v) is 6.49. The maximum absolute atomic E-state index is 5.96. The number of aryl methyl sites for hydroxylation is 1. The van der Waals surface area contributed by atoms with Gasteiger partial charge in [-0.1, -0.05) is 72.3 Å². The van der Waals surface area contributed by atoms with Crippen LogP contribution in [0.5, 0.6) is 0 Å². The van der Waals surface area contributed by atoms with E-state index in [4.69, 9.17) is 10.5 Å². The molecule has 0 unspecified atom stereocenters. The van der Waals surface area contributed by atoms with Gasteiger partial charge in [0.15, 0.2) is 5.96 Å². The molecule has 0 aliphatic rings. The smallest absolute Gasteiger partial charge is 0.193 e. The van der Waals surface area contributed by atoms with Gasteiger partial charge in [0, 0.05) is 5.69 Å². The van der Waals surface area contributed by atoms with Gasteiger partial charge in [-0.05, 0) is 35.7 Å². The van der Waals surface area contributed by atoms with Crippen LogP contribution in [-0.4, -0.2) is 5.96 Å². The third-order valence-electron chi connectivity index (χ3n) is 4.16. The van der Waals surface area contributed by atoms with Crippen molar-refractivity contribution >= 4 is 11.6 Å². The zero-order valence-corrected chi connectivity index (χ0v) is 15.6. The molecule has 0 radical (unpaired) electrons. The Labute approximate surface area is 160 Å². The molecule has 3 aromatic carbocycles. The number of nitrogens with two attached hydrogens (primary N) is 1. The fourth-order valence-corrected chi connectivity index (χ4v) is 2.60. The number of aliphatic imine (C=N–C) groups is 1. The first-order valence-corrected chi connectivity index (χ1v) is 9.02. The summed E-state index contributed by atoms with van der Waals surface area (Å²) in [6.45, 7) is 3.80. The summed E-state index contributed by atoms with van der Waals surface area (Å²) in [5, 5.41) is 3.10. The third kappa shape index (κ3) is 6.28. The molecule has 0 amide bonds. The predicted molar refractivity (Wildman–Crippen MR) is 112 cm³/mol. The van der Waals surface area contributed by atoms with E-state index in [1.807, 2.05) is 42.5 Å². The fourth-order valence-electron chi connectivity index (χ4n) is 2.60. The lowest BCUT2D eigenvalue weighted by Gasteiger charge is -2.07. The minimum Gasteiger partial charge on any atom is -0.372 e. The molecule has 3 N–H and O–H groups in total. The highest BCUT2D eigenvalue weighted by Gasteiger charge is 1.98. The lowest BCUT2D eigenvalue weighted by Crippen LogP contribution is -2.22. The second kappa shape index (κ2) is 9.55. The molecule has 3 aromatic rings. The van der Waals surface area contributed by atoms with Crippen LogP contribution in [0.1, 0.15) is 22.3 Å². The van der Waals surface area contributed by atoms with E-state index in [2.05, 4.69) is 53.6 Å². The predicted octanol–water partition coefficient (Wildman–Crippen LogP) is 4.64. The van der Waals surface area contributed by atoms with Crippen LogP contribution in [0.3, 0.4) is 0 Å². The molecule has 0 bridgehead atoms. The number of guanidine groups is 1. The molecule has 0 aliphatic carbocycles. The molecule has 27 heavy (non-hydrogen) atoms. The zero-order valence-electron chi connectivity index (χ0n) is 15.6. The first-order chi connectivity index (χ1) is 13.2. The lowest BCUT2D eigenvalue weighted by atomic mass is 10.1. The van der Waals surface area contributed by atoms with Crippen LogP contribution < -0.4 is 11.1 Å². The average molecular weight is 359 g/mol. The van der Waals surface area contributed by atoms with Crippen molar-refractivity contribution in [2.24, 2.45) is 10.7 Å². The Balaban J connectivity index is 1.46. The molecule has 138 valence electrons. The van der Waals surface area contributed by atoms with Gasteiger partial charge in [-0.15, -0.1) is 0 Å². The van der Waals surface area contributed by atoms with Crippen LogP contribution in [0, 0.1) is 6.92 Å². The van der Waals surface area contributed by atoms with E-state index in [9.17, 15) is 0 Å². The Morgan fingerprint density at radius 1 is 0.815 bits per heavy atom. The van der Waals surface area contributed by atoms with Crippen molar-refractivity contribution in [1.29, 1.82) is 0 Å². The number of benzene rings is 3. The van der Waals surface area contributed by atoms with E-state index in [0.29, 0.717) is 25.7 Å². The van der Waals surface area contributed by atoms with Crippen molar-refractivity contribution in [3.05, 3.63) is 101 Å². The number of nitrogens with one attached hydrogen (secondary N) is 1. The molecule has 0 saturated heterocycles. The maximum Gasteiger partial charge on any atom is 0.193 e. The quantitative estimate of drug-likeness (QED) is 0.477. The van der Waals surface area contributed by atoms with Crippen LogP contribution in [0.25, 0.3) is 0 Å². The molecule has 0 saturated carbocycles. The Hall–Kier alpha value is -3.11. The average Bonchev–Trinajstić information content (AvgIpc) is 2.70. The largest absolute Gasteiger partial charge is 0.372 e. The van der Waals surface area contributed by atoms with Gasteiger partial charge >= 0.3 is 0 Å². The number of ether oxygens (including phenoxy) is 1. The van der Waals surface area contributed by atoms with Crippen LogP contribution in [0.2, 0.25) is 0 Å². The van der Waals surface area contributed by atoms with E-state index in [-0.39, 0.29) is 0 Å². The highest BCUT2D eigenvalue weighted by molar-refractivity contribution is 5.92. The van der Waals surface area contributed by atoms with Gasteiger partial charge in [0.2, 0.25) is 0 Å². The van der Waals surface area contributed by atoms with E-state index in [1.54, 1.807) is 0 Å². The summed E-state index contributed by atoms with van der Waals surface area (Å²) in [5.74, 6) is 0.411. The molecule has 0 aromatic heterocycles. The van der Waals surface area contributed by atoms with Crippen LogP contribution >= 0.6 is 0 Å². The zero-order chi connectivity index (χ0) is 18.9. The van der Waals surface area contributed by atoms with Crippen molar-refractivity contribution in [2.75, 3.05) is 5.32 Å². The summed E-state index contributed by atoms with van der Waals surface area (Å²) >= 11 is 0. The van der Waals surface area contributed by atoms with Crippen molar-refractivity contribution in [1.82, 2.24) is 0 Å². The molecule has 4 nitrogen and oxygen atoms in total. The number of rotatable bonds is 7. The summed E-state index contributed by atoms with van der Waals surface area (Å²) < 4.78 is 5.76. The van der Waals surface area contributed by atoms with Gasteiger partial charge < -0.3 is 15.8 Å². The highest BCUT2D eigenvalue weighted by Crippen LogP contribution is 2.10. The van der Waals surface area contributed by atoms with Crippen molar-refractivity contribution in [2.45, 2.75) is 26.7 Å². The van der Waals surface area contributed by atoms with Crippen molar-refractivity contribution < 1.29 is 4.74 Å². The number of nitrogens with zero attached hydrogens (tertiary/aromatic N) is 1. The molecule has 3 rings (SSSR count). The molecular formula is C23H25N3O. The normalized spacial score (nSPS) is 11.4. The Morgan fingerprint density at radius 2 is 1.41 bits per heavy atom. The Morgan fingerprint density at radius 3 is 2.07 bits per heavy atom. The van der Waals surface area contributed by atoms with Gasteiger partial charge in [-0.2, -0.15) is 0 Å². The Bertz CT molecular complexity index is 856. The summed E-state index contributed by atoms with van der Waals surface area (Å²) in [6, 6.07) is 26.5. The molecule has 0 heterocycles. The van der Waals surface area contributed by atoms with E-state index >= 15 is 0 Å². The number of hydrogen-bond acceptors (Lipinski definition) is 2. The summed E-state index contributed by atoms with van der Waals surface area (Å²) in [5.41, 5.74) is 11.5. The fraction of sp³-hybridized carbons (Fsp3) is 0.174. The molecule has 4 heteroatoms. The monoisotopic (exact) mass is 359 g/mol. The van der Waals surface area contributed by atoms with Crippen molar-refractivity contribution in [3.63, 3.8) is 0 Å². The first kappa shape index (κ1) is 18.7. The third-order valence-corrected chi connectivity index (χ3v) is 4.16. The molecular weight excluding hydrogens is 334 g/mol. The van der Waals surface area contributed by atoms with Crippen LogP contribution in [0.15, 0.2) is 83.9 Å². The molecule has 0 atom stereocenters. The number of anilines is 1. The minimum absolute atomic E-state index is 0.411. The topological polar surface area (TPSA) is 59.6 Å². The Kier molecular flexibility index (Phi) is 6.61. The SMILES string of the molecule is Cc1ccc(NC(N)=NCc2ccc(COCc3ccccc3)cc2)cc1. The summed E-state index contributed by atoms with van der Waals surface area (Å²) in [7, 11) is 0. The van der Waals surface area contributed by atoms with E-state index in [0.717, 1.165) is 16.8 Å². The molecule has 0 spiro atoms. The van der Waals surface area contributed by atoms with Crippen LogP contribution in [-0.2, 0) is 24.5 Å². The van der Waals surface area contributed by atoms with Gasteiger partial charge in [0.05, 0.1) is 19.8 Å². The molecule has 0 fully saturated rings. The molecule has 0 aliphatic heterocycles. The summed E-state index contributed by atoms with van der Waals surface area (Å²) in [4.78, 5) is 4.40. The first-order valence-electron chi connectivity index (χ1n) is 9.02. The van der Waals surface area contributed by atoms with Gasteiger partial charge in [-0.3, -0.25) is 0 Å². The van der Waals surface area contributed by atoms with Gasteiger partial charge in [-0.25, -0.2) is 4.99 Å². The van der Waals surface area contributed by atoms with E-state index < -0.39 is 0 Å². The van der Waals surface area contributed by atoms with Crippen molar-refractivity contribution in [3.8, 4) is 0 Å². The maximum atomic E-state index is 5.96. The lowest BCUT2D eigenvalue weighted by molar-refractivity contribution is 0.107. The highest BCUT2D eigenvalue weighted by atomic mass is 16.5. The van der Waals surface area contributed by atoms with Gasteiger partial charge in [0.1, 0.15) is 0 Å². The standard InChI is InChI=1S/C23H25N3O/c1-18-7-13-22(14-8-18)26-23(24)25-15-19-9-11-21(12-10-19)17-27-16-20-5-3-2-4-6-20/h2-14H,15-17H2,1H3,(H3,24,25,26). The minimum atomic E-state index is 0.411.